The Hall–Kier alpha value is -1.39. The van der Waals surface area contributed by atoms with Crippen LogP contribution < -0.4 is 10.6 Å². The van der Waals surface area contributed by atoms with Gasteiger partial charge in [-0.05, 0) is 37.9 Å². The summed E-state index contributed by atoms with van der Waals surface area (Å²) >= 11 is 0. The highest BCUT2D eigenvalue weighted by molar-refractivity contribution is 5.82. The molecule has 0 spiro atoms. The third kappa shape index (κ3) is 5.14. The molecule has 1 amide bonds. The van der Waals surface area contributed by atoms with Crippen molar-refractivity contribution in [3.05, 3.63) is 35.9 Å². The molecule has 4 nitrogen and oxygen atoms in total. The number of rotatable bonds is 7. The predicted molar refractivity (Wildman–Crippen MR) is 83.9 cm³/mol. The molecule has 0 aromatic heterocycles. The summed E-state index contributed by atoms with van der Waals surface area (Å²) in [5, 5.41) is 6.34. The molecule has 1 fully saturated rings. The summed E-state index contributed by atoms with van der Waals surface area (Å²) in [4.78, 5) is 12.2. The first kappa shape index (κ1) is 16.0. The van der Waals surface area contributed by atoms with Gasteiger partial charge < -0.3 is 15.4 Å². The van der Waals surface area contributed by atoms with Gasteiger partial charge in [-0.25, -0.2) is 0 Å². The molecule has 1 aliphatic rings. The van der Waals surface area contributed by atoms with Crippen LogP contribution in [0.2, 0.25) is 0 Å². The number of nitrogens with one attached hydrogen (secondary N) is 2. The molecule has 116 valence electrons. The number of carbonyl (C=O) groups is 1. The van der Waals surface area contributed by atoms with Gasteiger partial charge in [-0.3, -0.25) is 4.79 Å². The second-order valence-electron chi connectivity index (χ2n) is 5.96. The van der Waals surface area contributed by atoms with Crippen molar-refractivity contribution in [2.24, 2.45) is 5.41 Å². The molecule has 0 bridgehead atoms. The summed E-state index contributed by atoms with van der Waals surface area (Å²) in [6.45, 7) is 5.94. The molecule has 1 saturated heterocycles. The summed E-state index contributed by atoms with van der Waals surface area (Å²) in [7, 11) is 0. The standard InChI is InChI=1S/C17H26N2O2/c1-17(8-11-18-12-9-17)16(20)19-10-5-13-21-14-15-6-3-2-4-7-15/h2-4,6-7,18H,5,8-14H2,1H3,(H,19,20). The molecule has 0 aliphatic carbocycles. The van der Waals surface area contributed by atoms with Crippen LogP contribution in [0.25, 0.3) is 0 Å². The minimum Gasteiger partial charge on any atom is -0.377 e. The monoisotopic (exact) mass is 290 g/mol. The molecule has 0 unspecified atom stereocenters. The Labute approximate surface area is 127 Å². The first-order valence-corrected chi connectivity index (χ1v) is 7.81. The van der Waals surface area contributed by atoms with E-state index in [4.69, 9.17) is 4.74 Å². The highest BCUT2D eigenvalue weighted by Crippen LogP contribution is 2.27. The average Bonchev–Trinajstić information content (AvgIpc) is 2.52. The quantitative estimate of drug-likeness (QED) is 0.756. The van der Waals surface area contributed by atoms with Crippen LogP contribution in [0.4, 0.5) is 0 Å². The van der Waals surface area contributed by atoms with Gasteiger partial charge in [0.05, 0.1) is 6.61 Å². The highest BCUT2D eigenvalue weighted by atomic mass is 16.5. The third-order valence-corrected chi connectivity index (χ3v) is 4.12. The molecule has 1 aromatic carbocycles. The molecule has 1 heterocycles. The molecule has 0 atom stereocenters. The lowest BCUT2D eigenvalue weighted by Crippen LogP contribution is -2.46. The van der Waals surface area contributed by atoms with E-state index in [1.807, 2.05) is 18.2 Å². The van der Waals surface area contributed by atoms with E-state index in [0.29, 0.717) is 19.8 Å². The van der Waals surface area contributed by atoms with E-state index in [9.17, 15) is 4.79 Å². The smallest absolute Gasteiger partial charge is 0.226 e. The van der Waals surface area contributed by atoms with Gasteiger partial charge in [0.2, 0.25) is 5.91 Å². The SMILES string of the molecule is CC1(C(=O)NCCCOCc2ccccc2)CCNCC1. The van der Waals surface area contributed by atoms with Crippen molar-refractivity contribution < 1.29 is 9.53 Å². The van der Waals surface area contributed by atoms with Crippen molar-refractivity contribution in [3.63, 3.8) is 0 Å². The van der Waals surface area contributed by atoms with Crippen molar-refractivity contribution in [1.82, 2.24) is 10.6 Å². The lowest BCUT2D eigenvalue weighted by atomic mass is 9.80. The lowest BCUT2D eigenvalue weighted by Gasteiger charge is -2.32. The largest absolute Gasteiger partial charge is 0.377 e. The van der Waals surface area contributed by atoms with E-state index >= 15 is 0 Å². The Kier molecular flexibility index (Phi) is 6.21. The van der Waals surface area contributed by atoms with Crippen molar-refractivity contribution >= 4 is 5.91 Å². The minimum atomic E-state index is -0.198. The number of carbonyl (C=O) groups excluding carboxylic acids is 1. The summed E-state index contributed by atoms with van der Waals surface area (Å²) in [5.74, 6) is 0.187. The topological polar surface area (TPSA) is 50.4 Å². The molecule has 4 heteroatoms. The molecule has 2 rings (SSSR count). The molecule has 0 radical (unpaired) electrons. The minimum absolute atomic E-state index is 0.187. The maximum absolute atomic E-state index is 12.2. The number of hydrogen-bond donors (Lipinski definition) is 2. The van der Waals surface area contributed by atoms with Crippen LogP contribution in [-0.2, 0) is 16.1 Å². The van der Waals surface area contributed by atoms with Crippen LogP contribution in [0.1, 0.15) is 31.7 Å². The molecule has 21 heavy (non-hydrogen) atoms. The molecule has 1 aliphatic heterocycles. The molecule has 2 N–H and O–H groups in total. The van der Waals surface area contributed by atoms with Crippen molar-refractivity contribution in [1.29, 1.82) is 0 Å². The summed E-state index contributed by atoms with van der Waals surface area (Å²) < 4.78 is 5.61. The molecular formula is C17H26N2O2. The summed E-state index contributed by atoms with van der Waals surface area (Å²) in [6.07, 6.45) is 2.69. The number of benzene rings is 1. The lowest BCUT2D eigenvalue weighted by molar-refractivity contribution is -0.131. The van der Waals surface area contributed by atoms with Crippen LogP contribution in [0.3, 0.4) is 0 Å². The van der Waals surface area contributed by atoms with Crippen molar-refractivity contribution in [2.45, 2.75) is 32.8 Å². The summed E-state index contributed by atoms with van der Waals surface area (Å²) in [5.41, 5.74) is 0.986. The van der Waals surface area contributed by atoms with Gasteiger partial charge in [0, 0.05) is 18.6 Å². The maximum atomic E-state index is 12.2. The fourth-order valence-electron chi connectivity index (χ4n) is 2.56. The fourth-order valence-corrected chi connectivity index (χ4v) is 2.56. The zero-order valence-electron chi connectivity index (χ0n) is 12.9. The Bertz CT molecular complexity index is 428. The Morgan fingerprint density at radius 2 is 2.00 bits per heavy atom. The van der Waals surface area contributed by atoms with E-state index in [2.05, 4.69) is 29.7 Å². The first-order valence-electron chi connectivity index (χ1n) is 7.81. The zero-order valence-corrected chi connectivity index (χ0v) is 12.9. The number of amides is 1. The zero-order chi connectivity index (χ0) is 15.0. The molecule has 1 aromatic rings. The molecular weight excluding hydrogens is 264 g/mol. The van der Waals surface area contributed by atoms with Crippen LogP contribution in [0.5, 0.6) is 0 Å². The average molecular weight is 290 g/mol. The van der Waals surface area contributed by atoms with Crippen LogP contribution in [-0.4, -0.2) is 32.1 Å². The van der Waals surface area contributed by atoms with Gasteiger partial charge in [0.1, 0.15) is 0 Å². The first-order chi connectivity index (χ1) is 10.2. The van der Waals surface area contributed by atoms with Crippen LogP contribution >= 0.6 is 0 Å². The van der Waals surface area contributed by atoms with E-state index in [1.165, 1.54) is 5.56 Å². The summed E-state index contributed by atoms with van der Waals surface area (Å²) in [6, 6.07) is 10.1. The van der Waals surface area contributed by atoms with Gasteiger partial charge in [0.15, 0.2) is 0 Å². The van der Waals surface area contributed by atoms with Crippen LogP contribution in [0, 0.1) is 5.41 Å². The Balaban J connectivity index is 1.56. The Morgan fingerprint density at radius 3 is 2.71 bits per heavy atom. The second-order valence-corrected chi connectivity index (χ2v) is 5.96. The Morgan fingerprint density at radius 1 is 1.29 bits per heavy atom. The maximum Gasteiger partial charge on any atom is 0.226 e. The van der Waals surface area contributed by atoms with Gasteiger partial charge in [-0.2, -0.15) is 0 Å². The van der Waals surface area contributed by atoms with Gasteiger partial charge in [-0.15, -0.1) is 0 Å². The number of ether oxygens (including phenoxy) is 1. The van der Waals surface area contributed by atoms with E-state index < -0.39 is 0 Å². The number of piperidine rings is 1. The van der Waals surface area contributed by atoms with Crippen molar-refractivity contribution in [3.8, 4) is 0 Å². The van der Waals surface area contributed by atoms with E-state index in [1.54, 1.807) is 0 Å². The van der Waals surface area contributed by atoms with E-state index in [-0.39, 0.29) is 11.3 Å². The number of hydrogen-bond acceptors (Lipinski definition) is 3. The van der Waals surface area contributed by atoms with Gasteiger partial charge in [0.25, 0.3) is 0 Å². The van der Waals surface area contributed by atoms with E-state index in [0.717, 1.165) is 32.4 Å². The predicted octanol–water partition coefficient (Wildman–Crippen LogP) is 2.10. The van der Waals surface area contributed by atoms with Crippen molar-refractivity contribution in [2.75, 3.05) is 26.2 Å². The molecule has 0 saturated carbocycles. The van der Waals surface area contributed by atoms with Gasteiger partial charge in [-0.1, -0.05) is 37.3 Å². The third-order valence-electron chi connectivity index (χ3n) is 4.12. The fraction of sp³-hybridized carbons (Fsp3) is 0.588. The van der Waals surface area contributed by atoms with Gasteiger partial charge >= 0.3 is 0 Å². The highest BCUT2D eigenvalue weighted by Gasteiger charge is 2.33. The second kappa shape index (κ2) is 8.15. The normalized spacial score (nSPS) is 17.4. The van der Waals surface area contributed by atoms with Crippen LogP contribution in [0.15, 0.2) is 30.3 Å².